The molecule has 0 unspecified atom stereocenters. The van der Waals surface area contributed by atoms with E-state index < -0.39 is 5.66 Å². The van der Waals surface area contributed by atoms with Crippen LogP contribution in [0.4, 0.5) is 0 Å². The summed E-state index contributed by atoms with van der Waals surface area (Å²) in [7, 11) is 0. The standard InChI is InChI=1S/C14H20N4O2/c1-14(11-5-3-2-4-6-11)17(9-12(15)19)7-8-18(14)10-13(16)20/h2-6H,7-10H2,1H3,(H2,15,19)(H2,16,20). The van der Waals surface area contributed by atoms with Gasteiger partial charge in [-0.05, 0) is 12.5 Å². The molecule has 1 aromatic carbocycles. The molecule has 1 heterocycles. The minimum absolute atomic E-state index is 0.153. The van der Waals surface area contributed by atoms with Gasteiger partial charge in [-0.1, -0.05) is 30.3 Å². The predicted molar refractivity (Wildman–Crippen MR) is 75.3 cm³/mol. The zero-order valence-electron chi connectivity index (χ0n) is 11.6. The van der Waals surface area contributed by atoms with E-state index in [0.717, 1.165) is 5.56 Å². The Hall–Kier alpha value is -1.92. The fraction of sp³-hybridized carbons (Fsp3) is 0.429. The third-order valence-electron chi connectivity index (χ3n) is 3.89. The monoisotopic (exact) mass is 276 g/mol. The van der Waals surface area contributed by atoms with Crippen LogP contribution in [0.5, 0.6) is 0 Å². The molecule has 6 heteroatoms. The van der Waals surface area contributed by atoms with Crippen LogP contribution in [0, 0.1) is 0 Å². The highest BCUT2D eigenvalue weighted by molar-refractivity contribution is 5.77. The first kappa shape index (κ1) is 14.5. The molecule has 1 saturated heterocycles. The third-order valence-corrected chi connectivity index (χ3v) is 3.89. The summed E-state index contributed by atoms with van der Waals surface area (Å²) in [6.07, 6.45) is 0. The Morgan fingerprint density at radius 3 is 1.90 bits per heavy atom. The van der Waals surface area contributed by atoms with Gasteiger partial charge in [-0.3, -0.25) is 19.4 Å². The summed E-state index contributed by atoms with van der Waals surface area (Å²) >= 11 is 0. The second kappa shape index (κ2) is 5.60. The number of nitrogens with two attached hydrogens (primary N) is 2. The van der Waals surface area contributed by atoms with E-state index in [2.05, 4.69) is 0 Å². The van der Waals surface area contributed by atoms with Crippen molar-refractivity contribution in [2.75, 3.05) is 26.2 Å². The molecule has 1 aliphatic heterocycles. The summed E-state index contributed by atoms with van der Waals surface area (Å²) in [6, 6.07) is 9.76. The van der Waals surface area contributed by atoms with Crippen LogP contribution in [0.1, 0.15) is 12.5 Å². The highest BCUT2D eigenvalue weighted by atomic mass is 16.1. The van der Waals surface area contributed by atoms with Gasteiger partial charge in [-0.15, -0.1) is 0 Å². The molecule has 4 N–H and O–H groups in total. The smallest absolute Gasteiger partial charge is 0.231 e. The lowest BCUT2D eigenvalue weighted by Crippen LogP contribution is -2.52. The van der Waals surface area contributed by atoms with E-state index in [1.807, 2.05) is 47.1 Å². The Morgan fingerprint density at radius 1 is 1.05 bits per heavy atom. The van der Waals surface area contributed by atoms with Crippen molar-refractivity contribution in [1.82, 2.24) is 9.80 Å². The molecular formula is C14H20N4O2. The second-order valence-electron chi connectivity index (χ2n) is 5.16. The van der Waals surface area contributed by atoms with Crippen molar-refractivity contribution < 1.29 is 9.59 Å². The Morgan fingerprint density at radius 2 is 1.50 bits per heavy atom. The molecule has 20 heavy (non-hydrogen) atoms. The van der Waals surface area contributed by atoms with Gasteiger partial charge in [-0.2, -0.15) is 0 Å². The SMILES string of the molecule is CC1(c2ccccc2)N(CC(N)=O)CCN1CC(N)=O. The van der Waals surface area contributed by atoms with Gasteiger partial charge in [0.05, 0.1) is 18.8 Å². The molecule has 0 radical (unpaired) electrons. The summed E-state index contributed by atoms with van der Waals surface area (Å²) in [6.45, 7) is 3.63. The molecule has 108 valence electrons. The molecule has 0 aliphatic carbocycles. The number of primary amides is 2. The summed E-state index contributed by atoms with van der Waals surface area (Å²) in [5.41, 5.74) is 11.1. The van der Waals surface area contributed by atoms with Crippen molar-refractivity contribution >= 4 is 11.8 Å². The summed E-state index contributed by atoms with van der Waals surface area (Å²) in [5, 5.41) is 0. The van der Waals surface area contributed by atoms with Gasteiger partial charge >= 0.3 is 0 Å². The zero-order valence-corrected chi connectivity index (χ0v) is 11.6. The maximum atomic E-state index is 11.3. The van der Waals surface area contributed by atoms with Crippen molar-refractivity contribution in [2.24, 2.45) is 11.5 Å². The van der Waals surface area contributed by atoms with Crippen LogP contribution in [-0.2, 0) is 15.3 Å². The van der Waals surface area contributed by atoms with E-state index in [1.165, 1.54) is 0 Å². The summed E-state index contributed by atoms with van der Waals surface area (Å²) in [4.78, 5) is 26.5. The first-order valence-corrected chi connectivity index (χ1v) is 6.57. The predicted octanol–water partition coefficient (Wildman–Crippen LogP) is -0.552. The minimum Gasteiger partial charge on any atom is -0.369 e. The maximum Gasteiger partial charge on any atom is 0.231 e. The molecule has 0 aromatic heterocycles. The Labute approximate surface area is 118 Å². The van der Waals surface area contributed by atoms with Gasteiger partial charge in [0.1, 0.15) is 0 Å². The average Bonchev–Trinajstić information content (AvgIpc) is 2.69. The first-order chi connectivity index (χ1) is 9.44. The van der Waals surface area contributed by atoms with Crippen LogP contribution in [0.25, 0.3) is 0 Å². The van der Waals surface area contributed by atoms with E-state index in [-0.39, 0.29) is 24.9 Å². The number of amides is 2. The number of nitrogens with zero attached hydrogens (tertiary/aromatic N) is 2. The van der Waals surface area contributed by atoms with Gasteiger partial charge in [0.25, 0.3) is 0 Å². The maximum absolute atomic E-state index is 11.3. The van der Waals surface area contributed by atoms with Gasteiger partial charge in [0, 0.05) is 13.1 Å². The van der Waals surface area contributed by atoms with E-state index in [1.54, 1.807) is 0 Å². The van der Waals surface area contributed by atoms with E-state index in [4.69, 9.17) is 11.5 Å². The number of rotatable bonds is 5. The van der Waals surface area contributed by atoms with Crippen molar-refractivity contribution in [3.8, 4) is 0 Å². The van der Waals surface area contributed by atoms with Crippen molar-refractivity contribution in [2.45, 2.75) is 12.6 Å². The van der Waals surface area contributed by atoms with Crippen LogP contribution in [0.3, 0.4) is 0 Å². The topological polar surface area (TPSA) is 92.7 Å². The number of hydrogen-bond acceptors (Lipinski definition) is 4. The molecule has 6 nitrogen and oxygen atoms in total. The molecule has 1 aromatic rings. The Balaban J connectivity index is 2.37. The highest BCUT2D eigenvalue weighted by Crippen LogP contribution is 2.35. The molecule has 1 fully saturated rings. The zero-order chi connectivity index (χ0) is 14.8. The highest BCUT2D eigenvalue weighted by Gasteiger charge is 2.45. The molecule has 2 amide bonds. The first-order valence-electron chi connectivity index (χ1n) is 6.57. The van der Waals surface area contributed by atoms with Gasteiger partial charge in [0.2, 0.25) is 11.8 Å². The Bertz CT molecular complexity index is 479. The number of benzene rings is 1. The molecular weight excluding hydrogens is 256 g/mol. The fourth-order valence-corrected chi connectivity index (χ4v) is 2.84. The minimum atomic E-state index is -0.550. The van der Waals surface area contributed by atoms with Gasteiger partial charge < -0.3 is 11.5 Å². The van der Waals surface area contributed by atoms with Gasteiger partial charge in [0.15, 0.2) is 0 Å². The lowest BCUT2D eigenvalue weighted by molar-refractivity contribution is -0.123. The molecule has 0 spiro atoms. The van der Waals surface area contributed by atoms with E-state index in [9.17, 15) is 9.59 Å². The molecule has 0 atom stereocenters. The van der Waals surface area contributed by atoms with Crippen molar-refractivity contribution in [3.63, 3.8) is 0 Å². The fourth-order valence-electron chi connectivity index (χ4n) is 2.84. The van der Waals surface area contributed by atoms with Crippen LogP contribution < -0.4 is 11.5 Å². The van der Waals surface area contributed by atoms with Gasteiger partial charge in [-0.25, -0.2) is 0 Å². The molecule has 2 rings (SSSR count). The van der Waals surface area contributed by atoms with Crippen LogP contribution >= 0.6 is 0 Å². The Kier molecular flexibility index (Phi) is 4.06. The third kappa shape index (κ3) is 2.66. The quantitative estimate of drug-likeness (QED) is 0.754. The number of carbonyl (C=O) groups is 2. The normalized spacial score (nSPS) is 19.1. The second-order valence-corrected chi connectivity index (χ2v) is 5.16. The van der Waals surface area contributed by atoms with E-state index in [0.29, 0.717) is 13.1 Å². The van der Waals surface area contributed by atoms with E-state index >= 15 is 0 Å². The van der Waals surface area contributed by atoms with Crippen molar-refractivity contribution in [3.05, 3.63) is 35.9 Å². The lowest BCUT2D eigenvalue weighted by Gasteiger charge is -2.40. The van der Waals surface area contributed by atoms with Crippen LogP contribution in [-0.4, -0.2) is 47.8 Å². The summed E-state index contributed by atoms with van der Waals surface area (Å²) in [5.74, 6) is -0.763. The van der Waals surface area contributed by atoms with Crippen LogP contribution in [0.15, 0.2) is 30.3 Å². The lowest BCUT2D eigenvalue weighted by atomic mass is 9.99. The largest absolute Gasteiger partial charge is 0.369 e. The van der Waals surface area contributed by atoms with Crippen molar-refractivity contribution in [1.29, 1.82) is 0 Å². The number of carbonyl (C=O) groups excluding carboxylic acids is 2. The molecule has 0 bridgehead atoms. The summed E-state index contributed by atoms with van der Waals surface area (Å²) < 4.78 is 0. The molecule has 1 aliphatic rings. The average molecular weight is 276 g/mol. The number of hydrogen-bond donors (Lipinski definition) is 2. The molecule has 0 saturated carbocycles. The van der Waals surface area contributed by atoms with Crippen LogP contribution in [0.2, 0.25) is 0 Å².